The van der Waals surface area contributed by atoms with Gasteiger partial charge in [0.25, 0.3) is 0 Å². The van der Waals surface area contributed by atoms with E-state index < -0.39 is 0 Å². The summed E-state index contributed by atoms with van der Waals surface area (Å²) in [4.78, 5) is 0. The molecule has 0 fully saturated rings. The first kappa shape index (κ1) is 19.7. The minimum Gasteiger partial charge on any atom is -0.497 e. The predicted molar refractivity (Wildman–Crippen MR) is 113 cm³/mol. The molecular weight excluding hydrogens is 351 g/mol. The van der Waals surface area contributed by atoms with E-state index in [0.717, 1.165) is 17.7 Å². The maximum atomic E-state index is 14.1. The molecule has 0 aliphatic rings. The van der Waals surface area contributed by atoms with Crippen molar-refractivity contribution in [2.24, 2.45) is 0 Å². The van der Waals surface area contributed by atoms with Gasteiger partial charge < -0.3 is 9.47 Å². The van der Waals surface area contributed by atoms with Crippen LogP contribution in [0.2, 0.25) is 0 Å². The number of para-hydroxylation sites is 1. The number of hydrogen-bond donors (Lipinski definition) is 0. The molecule has 0 spiro atoms. The summed E-state index contributed by atoms with van der Waals surface area (Å²) in [6, 6.07) is 22.3. The third-order valence-corrected chi connectivity index (χ3v) is 4.74. The van der Waals surface area contributed by atoms with Gasteiger partial charge in [0.15, 0.2) is 11.6 Å². The fraction of sp³-hybridized carbons (Fsp3) is 0.200. The lowest BCUT2D eigenvalue weighted by atomic mass is 9.81. The summed E-state index contributed by atoms with van der Waals surface area (Å²) < 4.78 is 25.0. The zero-order chi connectivity index (χ0) is 20.0. The van der Waals surface area contributed by atoms with Crippen molar-refractivity contribution in [1.82, 2.24) is 0 Å². The molecule has 0 saturated carbocycles. The molecule has 0 radical (unpaired) electrons. The highest BCUT2D eigenvalue weighted by molar-refractivity contribution is 5.53. The molecule has 0 unspecified atom stereocenters. The Morgan fingerprint density at radius 1 is 0.893 bits per heavy atom. The highest BCUT2D eigenvalue weighted by Crippen LogP contribution is 2.30. The van der Waals surface area contributed by atoms with E-state index in [4.69, 9.17) is 9.47 Å². The highest BCUT2D eigenvalue weighted by atomic mass is 19.1. The van der Waals surface area contributed by atoms with Gasteiger partial charge in [0.1, 0.15) is 11.5 Å². The van der Waals surface area contributed by atoms with Crippen molar-refractivity contribution in [2.75, 3.05) is 7.11 Å². The van der Waals surface area contributed by atoms with Crippen molar-refractivity contribution >= 4 is 6.08 Å². The Morgan fingerprint density at radius 2 is 1.61 bits per heavy atom. The number of hydrogen-bond acceptors (Lipinski definition) is 2. The van der Waals surface area contributed by atoms with Gasteiger partial charge in [-0.25, -0.2) is 4.39 Å². The number of ether oxygens (including phenoxy) is 2. The molecule has 28 heavy (non-hydrogen) atoms. The first-order valence-corrected chi connectivity index (χ1v) is 9.31. The lowest BCUT2D eigenvalue weighted by Gasteiger charge is -2.24. The standard InChI is InChI=1S/C25H25FO2/c1-25(2,20-12-14-21(27-3)15-13-20)17-7-8-19-11-16-23(26)24(18-19)28-22-9-5-4-6-10-22/h4-16,18H,17H2,1-3H3. The van der Waals surface area contributed by atoms with Crippen molar-refractivity contribution in [3.05, 3.63) is 95.8 Å². The summed E-state index contributed by atoms with van der Waals surface area (Å²) in [6.45, 7) is 4.40. The van der Waals surface area contributed by atoms with Crippen LogP contribution in [0.25, 0.3) is 6.08 Å². The smallest absolute Gasteiger partial charge is 0.165 e. The summed E-state index contributed by atoms with van der Waals surface area (Å²) in [5.41, 5.74) is 2.12. The van der Waals surface area contributed by atoms with Crippen LogP contribution in [0.5, 0.6) is 17.2 Å². The molecule has 0 saturated heterocycles. The maximum Gasteiger partial charge on any atom is 0.165 e. The summed E-state index contributed by atoms with van der Waals surface area (Å²) in [6.07, 6.45) is 4.97. The van der Waals surface area contributed by atoms with Crippen LogP contribution < -0.4 is 9.47 Å². The topological polar surface area (TPSA) is 18.5 Å². The summed E-state index contributed by atoms with van der Waals surface area (Å²) in [5, 5.41) is 0. The van der Waals surface area contributed by atoms with Crippen LogP contribution in [0, 0.1) is 5.82 Å². The first-order chi connectivity index (χ1) is 13.5. The molecule has 2 nitrogen and oxygen atoms in total. The molecule has 0 heterocycles. The van der Waals surface area contributed by atoms with Gasteiger partial charge in [0.05, 0.1) is 7.11 Å². The molecule has 144 valence electrons. The normalized spacial score (nSPS) is 11.6. The third-order valence-electron chi connectivity index (χ3n) is 4.74. The molecule has 0 bridgehead atoms. The van der Waals surface area contributed by atoms with Gasteiger partial charge in [0.2, 0.25) is 0 Å². The van der Waals surface area contributed by atoms with E-state index in [1.807, 2.05) is 36.4 Å². The average Bonchev–Trinajstić information content (AvgIpc) is 2.71. The Labute approximate surface area is 166 Å². The van der Waals surface area contributed by atoms with Crippen LogP contribution in [0.15, 0.2) is 78.9 Å². The zero-order valence-electron chi connectivity index (χ0n) is 16.5. The second-order valence-corrected chi connectivity index (χ2v) is 7.32. The molecule has 3 aromatic rings. The maximum absolute atomic E-state index is 14.1. The third kappa shape index (κ3) is 5.01. The Hall–Kier alpha value is -3.07. The second kappa shape index (κ2) is 8.75. The van der Waals surface area contributed by atoms with Crippen LogP contribution >= 0.6 is 0 Å². The van der Waals surface area contributed by atoms with E-state index >= 15 is 0 Å². The fourth-order valence-corrected chi connectivity index (χ4v) is 2.97. The van der Waals surface area contributed by atoms with E-state index in [0.29, 0.717) is 5.75 Å². The Bertz CT molecular complexity index is 929. The Morgan fingerprint density at radius 3 is 2.29 bits per heavy atom. The van der Waals surface area contributed by atoms with Crippen molar-refractivity contribution in [3.63, 3.8) is 0 Å². The predicted octanol–water partition coefficient (Wildman–Crippen LogP) is 7.01. The van der Waals surface area contributed by atoms with Crippen molar-refractivity contribution in [3.8, 4) is 17.2 Å². The molecule has 3 rings (SSSR count). The van der Waals surface area contributed by atoms with E-state index in [1.165, 1.54) is 11.6 Å². The SMILES string of the molecule is COc1ccc(C(C)(C)CC=Cc2ccc(F)c(Oc3ccccc3)c2)cc1. The van der Waals surface area contributed by atoms with Gasteiger partial charge in [-0.1, -0.05) is 62.4 Å². The van der Waals surface area contributed by atoms with Gasteiger partial charge in [-0.05, 0) is 59.4 Å². The van der Waals surface area contributed by atoms with Gasteiger partial charge in [-0.15, -0.1) is 0 Å². The van der Waals surface area contributed by atoms with Crippen LogP contribution in [0.1, 0.15) is 31.4 Å². The van der Waals surface area contributed by atoms with Crippen LogP contribution in [-0.4, -0.2) is 7.11 Å². The molecule has 0 N–H and O–H groups in total. The van der Waals surface area contributed by atoms with E-state index in [1.54, 1.807) is 31.4 Å². The minimum absolute atomic E-state index is 0.0217. The minimum atomic E-state index is -0.375. The van der Waals surface area contributed by atoms with Crippen LogP contribution in [0.3, 0.4) is 0 Å². The second-order valence-electron chi connectivity index (χ2n) is 7.32. The quantitative estimate of drug-likeness (QED) is 0.442. The number of allylic oxidation sites excluding steroid dienone is 1. The lowest BCUT2D eigenvalue weighted by molar-refractivity contribution is 0.414. The molecule has 0 aliphatic heterocycles. The van der Waals surface area contributed by atoms with E-state index in [-0.39, 0.29) is 17.0 Å². The highest BCUT2D eigenvalue weighted by Gasteiger charge is 2.18. The summed E-state index contributed by atoms with van der Waals surface area (Å²) in [5.74, 6) is 1.32. The molecule has 3 heteroatoms. The van der Waals surface area contributed by atoms with Gasteiger partial charge in [-0.2, -0.15) is 0 Å². The van der Waals surface area contributed by atoms with Crippen molar-refractivity contribution in [2.45, 2.75) is 25.7 Å². The molecule has 0 aliphatic carbocycles. The summed E-state index contributed by atoms with van der Waals surface area (Å²) >= 11 is 0. The zero-order valence-corrected chi connectivity index (χ0v) is 16.5. The number of benzene rings is 3. The Kier molecular flexibility index (Phi) is 6.15. The number of rotatable bonds is 7. The molecule has 3 aromatic carbocycles. The number of methoxy groups -OCH3 is 1. The molecule has 0 aromatic heterocycles. The summed E-state index contributed by atoms with van der Waals surface area (Å²) in [7, 11) is 1.67. The van der Waals surface area contributed by atoms with Crippen LogP contribution in [0.4, 0.5) is 4.39 Å². The fourth-order valence-electron chi connectivity index (χ4n) is 2.97. The first-order valence-electron chi connectivity index (χ1n) is 9.31. The molecule has 0 amide bonds. The van der Waals surface area contributed by atoms with Crippen molar-refractivity contribution in [1.29, 1.82) is 0 Å². The monoisotopic (exact) mass is 376 g/mol. The lowest BCUT2D eigenvalue weighted by Crippen LogP contribution is -2.15. The van der Waals surface area contributed by atoms with E-state index in [9.17, 15) is 4.39 Å². The molecule has 0 atom stereocenters. The van der Waals surface area contributed by atoms with Crippen molar-refractivity contribution < 1.29 is 13.9 Å². The van der Waals surface area contributed by atoms with E-state index in [2.05, 4.69) is 32.1 Å². The van der Waals surface area contributed by atoms with Crippen LogP contribution in [-0.2, 0) is 5.41 Å². The molecular formula is C25H25FO2. The van der Waals surface area contributed by atoms with Gasteiger partial charge >= 0.3 is 0 Å². The van der Waals surface area contributed by atoms with Gasteiger partial charge in [-0.3, -0.25) is 0 Å². The average molecular weight is 376 g/mol. The van der Waals surface area contributed by atoms with Gasteiger partial charge in [0, 0.05) is 0 Å². The largest absolute Gasteiger partial charge is 0.497 e. The number of halogens is 1. The Balaban J connectivity index is 1.70.